The molecule has 78 valence electrons. The van der Waals surface area contributed by atoms with Crippen LogP contribution < -0.4 is 11.1 Å². The molecule has 0 aromatic rings. The third-order valence-corrected chi connectivity index (χ3v) is 3.86. The maximum absolute atomic E-state index is 10.5. The number of rotatable bonds is 4. The van der Waals surface area contributed by atoms with Gasteiger partial charge in [-0.2, -0.15) is 0 Å². The van der Waals surface area contributed by atoms with Crippen molar-refractivity contribution < 1.29 is 9.90 Å². The highest BCUT2D eigenvalue weighted by Gasteiger charge is 2.18. The average molecular weight is 232 g/mol. The van der Waals surface area contributed by atoms with Crippen molar-refractivity contribution in [3.05, 3.63) is 22.6 Å². The fraction of sp³-hybridized carbons (Fsp3) is 0.375. The smallest absolute Gasteiger partial charge is 0.331 e. The lowest BCUT2D eigenvalue weighted by Gasteiger charge is -2.16. The normalized spacial score (nSPS) is 23.3. The molecule has 0 amide bonds. The molecule has 0 bridgehead atoms. The summed E-state index contributed by atoms with van der Waals surface area (Å²) in [6.07, 6.45) is 1.84. The van der Waals surface area contributed by atoms with Gasteiger partial charge < -0.3 is 16.2 Å². The fourth-order valence-corrected chi connectivity index (χ4v) is 2.48. The quantitative estimate of drug-likeness (QED) is 0.498. The van der Waals surface area contributed by atoms with Crippen LogP contribution in [0.2, 0.25) is 0 Å². The Morgan fingerprint density at radius 2 is 2.57 bits per heavy atom. The van der Waals surface area contributed by atoms with E-state index in [1.54, 1.807) is 24.1 Å². The van der Waals surface area contributed by atoms with E-state index in [1.165, 1.54) is 11.8 Å². The van der Waals surface area contributed by atoms with E-state index in [9.17, 15) is 4.79 Å². The molecule has 0 radical (unpaired) electrons. The summed E-state index contributed by atoms with van der Waals surface area (Å²) in [5.41, 5.74) is 6.14. The molecule has 0 fully saturated rings. The van der Waals surface area contributed by atoms with Gasteiger partial charge in [-0.1, -0.05) is 0 Å². The molecule has 0 aliphatic carbocycles. The standard InChI is InChI=1S/C8H12N2O2S2/c1-5(8(11)12)4-14-6(9)7-10-2-3-13-7/h2-4,6-7,10H,9H2,1H3,(H,11,12). The first-order valence-corrected chi connectivity index (χ1v) is 5.87. The Hall–Kier alpha value is -0.590. The van der Waals surface area contributed by atoms with Gasteiger partial charge in [0, 0.05) is 11.8 Å². The van der Waals surface area contributed by atoms with Crippen molar-refractivity contribution in [1.82, 2.24) is 5.32 Å². The van der Waals surface area contributed by atoms with E-state index in [-0.39, 0.29) is 10.7 Å². The van der Waals surface area contributed by atoms with Gasteiger partial charge in [0.05, 0.1) is 5.37 Å². The summed E-state index contributed by atoms with van der Waals surface area (Å²) < 4.78 is 0. The second-order valence-corrected chi connectivity index (χ2v) is 4.84. The first-order valence-electron chi connectivity index (χ1n) is 3.99. The van der Waals surface area contributed by atoms with Gasteiger partial charge in [0.1, 0.15) is 5.37 Å². The van der Waals surface area contributed by atoms with Crippen LogP contribution in [0.25, 0.3) is 0 Å². The van der Waals surface area contributed by atoms with Crippen molar-refractivity contribution in [2.24, 2.45) is 5.73 Å². The molecule has 1 aliphatic heterocycles. The van der Waals surface area contributed by atoms with Crippen LogP contribution in [-0.4, -0.2) is 21.8 Å². The molecular formula is C8H12N2O2S2. The molecule has 2 atom stereocenters. The zero-order valence-corrected chi connectivity index (χ0v) is 9.27. The highest BCUT2D eigenvalue weighted by molar-refractivity contribution is 8.06. The van der Waals surface area contributed by atoms with Crippen LogP contribution in [0, 0.1) is 0 Å². The van der Waals surface area contributed by atoms with Gasteiger partial charge in [-0.3, -0.25) is 0 Å². The van der Waals surface area contributed by atoms with Crippen LogP contribution in [0.3, 0.4) is 0 Å². The monoisotopic (exact) mass is 232 g/mol. The third kappa shape index (κ3) is 3.28. The topological polar surface area (TPSA) is 75.3 Å². The van der Waals surface area contributed by atoms with E-state index in [0.717, 1.165) is 0 Å². The summed E-state index contributed by atoms with van der Waals surface area (Å²) in [5, 5.41) is 15.2. The maximum atomic E-state index is 10.5. The van der Waals surface area contributed by atoms with Gasteiger partial charge >= 0.3 is 5.97 Å². The molecule has 14 heavy (non-hydrogen) atoms. The van der Waals surface area contributed by atoms with Crippen molar-refractivity contribution >= 4 is 29.5 Å². The number of nitrogens with two attached hydrogens (primary N) is 1. The van der Waals surface area contributed by atoms with E-state index < -0.39 is 5.97 Å². The van der Waals surface area contributed by atoms with E-state index in [4.69, 9.17) is 10.8 Å². The molecule has 1 aliphatic rings. The number of thioether (sulfide) groups is 2. The number of carboxylic acid groups (broad SMARTS) is 1. The highest BCUT2D eigenvalue weighted by atomic mass is 32.2. The van der Waals surface area contributed by atoms with Gasteiger partial charge in [-0.15, -0.1) is 23.5 Å². The second kappa shape index (κ2) is 5.33. The first-order chi connectivity index (χ1) is 6.61. The molecule has 0 aromatic carbocycles. The molecule has 6 heteroatoms. The molecule has 0 saturated carbocycles. The first kappa shape index (κ1) is 11.5. The molecule has 0 saturated heterocycles. The summed E-state index contributed by atoms with van der Waals surface area (Å²) in [7, 11) is 0. The number of nitrogens with one attached hydrogen (secondary N) is 1. The molecule has 1 rings (SSSR count). The van der Waals surface area contributed by atoms with E-state index in [2.05, 4.69) is 5.32 Å². The second-order valence-electron chi connectivity index (χ2n) is 2.73. The van der Waals surface area contributed by atoms with Gasteiger partial charge in [0.2, 0.25) is 0 Å². The van der Waals surface area contributed by atoms with Gasteiger partial charge in [0.25, 0.3) is 0 Å². The van der Waals surface area contributed by atoms with Crippen LogP contribution in [0.15, 0.2) is 22.6 Å². The molecule has 4 nitrogen and oxygen atoms in total. The fourth-order valence-electron chi connectivity index (χ4n) is 0.772. The van der Waals surface area contributed by atoms with Crippen molar-refractivity contribution in [3.63, 3.8) is 0 Å². The van der Waals surface area contributed by atoms with E-state index in [1.807, 2.05) is 11.6 Å². The minimum atomic E-state index is -0.908. The largest absolute Gasteiger partial charge is 0.478 e. The Balaban J connectivity index is 2.37. The number of carboxylic acids is 1. The minimum Gasteiger partial charge on any atom is -0.478 e. The molecule has 1 heterocycles. The third-order valence-electron chi connectivity index (χ3n) is 1.59. The average Bonchev–Trinajstić information content (AvgIpc) is 2.66. The molecule has 0 spiro atoms. The zero-order valence-electron chi connectivity index (χ0n) is 7.64. The van der Waals surface area contributed by atoms with Gasteiger partial charge in [-0.05, 0) is 17.7 Å². The maximum Gasteiger partial charge on any atom is 0.331 e. The Labute approximate surface area is 91.0 Å². The summed E-state index contributed by atoms with van der Waals surface area (Å²) in [6.45, 7) is 1.55. The van der Waals surface area contributed by atoms with E-state index >= 15 is 0 Å². The highest BCUT2D eigenvalue weighted by Crippen LogP contribution is 2.24. The number of aliphatic carboxylic acids is 1. The van der Waals surface area contributed by atoms with Crippen molar-refractivity contribution in [2.75, 3.05) is 0 Å². The molecule has 0 aromatic heterocycles. The predicted octanol–water partition coefficient (Wildman–Crippen LogP) is 1.13. The lowest BCUT2D eigenvalue weighted by atomic mass is 10.4. The van der Waals surface area contributed by atoms with Crippen LogP contribution in [0.5, 0.6) is 0 Å². The summed E-state index contributed by atoms with van der Waals surface area (Å²) in [6, 6.07) is 0. The Bertz CT molecular complexity index is 271. The lowest BCUT2D eigenvalue weighted by molar-refractivity contribution is -0.132. The summed E-state index contributed by atoms with van der Waals surface area (Å²) in [5.74, 6) is -0.908. The van der Waals surface area contributed by atoms with Crippen LogP contribution in [0.4, 0.5) is 0 Å². The summed E-state index contributed by atoms with van der Waals surface area (Å²) >= 11 is 2.92. The lowest BCUT2D eigenvalue weighted by Crippen LogP contribution is -2.35. The molecule has 4 N–H and O–H groups in total. The van der Waals surface area contributed by atoms with Crippen molar-refractivity contribution in [3.8, 4) is 0 Å². The van der Waals surface area contributed by atoms with Crippen LogP contribution in [-0.2, 0) is 4.79 Å². The van der Waals surface area contributed by atoms with Gasteiger partial charge in [0.15, 0.2) is 0 Å². The Kier molecular flexibility index (Phi) is 4.37. The Morgan fingerprint density at radius 1 is 1.86 bits per heavy atom. The SMILES string of the molecule is CC(=CSC(N)C1NC=CS1)C(=O)O. The van der Waals surface area contributed by atoms with Crippen molar-refractivity contribution in [1.29, 1.82) is 0 Å². The number of hydrogen-bond donors (Lipinski definition) is 3. The zero-order chi connectivity index (χ0) is 10.6. The molecular weight excluding hydrogens is 220 g/mol. The number of hydrogen-bond acceptors (Lipinski definition) is 5. The van der Waals surface area contributed by atoms with Gasteiger partial charge in [-0.25, -0.2) is 4.79 Å². The molecule has 2 unspecified atom stereocenters. The minimum absolute atomic E-state index is 0.123. The van der Waals surface area contributed by atoms with Crippen LogP contribution >= 0.6 is 23.5 Å². The Morgan fingerprint density at radius 3 is 3.07 bits per heavy atom. The van der Waals surface area contributed by atoms with E-state index in [0.29, 0.717) is 5.57 Å². The number of carbonyl (C=O) groups is 1. The van der Waals surface area contributed by atoms with Crippen LogP contribution in [0.1, 0.15) is 6.92 Å². The summed E-state index contributed by atoms with van der Waals surface area (Å²) in [4.78, 5) is 10.5. The van der Waals surface area contributed by atoms with Crippen molar-refractivity contribution in [2.45, 2.75) is 17.7 Å². The predicted molar refractivity (Wildman–Crippen MR) is 60.6 cm³/mol.